The second-order valence-corrected chi connectivity index (χ2v) is 12.1. The maximum Gasteiger partial charge on any atom is 0.316 e. The molecule has 2 aromatic rings. The van der Waals surface area contributed by atoms with Crippen molar-refractivity contribution < 1.29 is 14.1 Å². The monoisotopic (exact) mass is 537 g/mol. The maximum absolute atomic E-state index is 12.8. The van der Waals surface area contributed by atoms with E-state index in [9.17, 15) is 4.79 Å². The van der Waals surface area contributed by atoms with E-state index in [4.69, 9.17) is 4.74 Å². The Bertz CT molecular complexity index is 948. The molecule has 4 nitrogen and oxygen atoms in total. The van der Waals surface area contributed by atoms with Crippen molar-refractivity contribution in [1.82, 2.24) is 5.32 Å². The molecule has 39 heavy (non-hydrogen) atoms. The molecule has 0 saturated carbocycles. The maximum atomic E-state index is 12.8. The van der Waals surface area contributed by atoms with Gasteiger partial charge in [-0.05, 0) is 48.1 Å². The molecule has 0 bridgehead atoms. The van der Waals surface area contributed by atoms with Crippen LogP contribution >= 0.6 is 0 Å². The molecule has 0 aliphatic rings. The zero-order chi connectivity index (χ0) is 28.3. The van der Waals surface area contributed by atoms with E-state index in [1.54, 1.807) is 0 Å². The minimum Gasteiger partial charge on any atom is -0.493 e. The van der Waals surface area contributed by atoms with Crippen molar-refractivity contribution >= 4 is 5.91 Å². The molecule has 218 valence electrons. The lowest BCUT2D eigenvalue weighted by molar-refractivity contribution is -0.695. The number of nitrogens with zero attached hydrogens (tertiary/aromatic N) is 1. The third-order valence-electron chi connectivity index (χ3n) is 7.57. The van der Waals surface area contributed by atoms with Gasteiger partial charge < -0.3 is 10.1 Å². The number of carbonyl (C=O) groups excluding carboxylic acids is 1. The van der Waals surface area contributed by atoms with Crippen LogP contribution in [0.25, 0.3) is 0 Å². The normalized spacial score (nSPS) is 11.5. The summed E-state index contributed by atoms with van der Waals surface area (Å²) in [6.45, 7) is 13.0. The van der Waals surface area contributed by atoms with E-state index in [0.29, 0.717) is 12.2 Å². The molecular weight excluding hydrogens is 480 g/mol. The molecular formula is C35H57N2O2+. The Kier molecular flexibility index (Phi) is 15.9. The molecule has 0 radical (unpaired) electrons. The molecule has 0 atom stereocenters. The summed E-state index contributed by atoms with van der Waals surface area (Å²) in [6, 6.07) is 12.1. The third-order valence-corrected chi connectivity index (χ3v) is 7.57. The van der Waals surface area contributed by atoms with Crippen LogP contribution in [-0.2, 0) is 18.5 Å². The van der Waals surface area contributed by atoms with Crippen molar-refractivity contribution in [3.63, 3.8) is 0 Å². The lowest BCUT2D eigenvalue weighted by Crippen LogP contribution is -2.42. The fourth-order valence-electron chi connectivity index (χ4n) is 5.11. The van der Waals surface area contributed by atoms with Gasteiger partial charge in [-0.15, -0.1) is 0 Å². The van der Waals surface area contributed by atoms with E-state index in [-0.39, 0.29) is 11.3 Å². The van der Waals surface area contributed by atoms with E-state index >= 15 is 0 Å². The average molecular weight is 538 g/mol. The highest BCUT2D eigenvalue weighted by Gasteiger charge is 2.21. The Morgan fingerprint density at radius 3 is 1.95 bits per heavy atom. The number of carbonyl (C=O) groups is 1. The smallest absolute Gasteiger partial charge is 0.316 e. The quantitative estimate of drug-likeness (QED) is 0.135. The van der Waals surface area contributed by atoms with Crippen LogP contribution in [-0.4, -0.2) is 12.5 Å². The summed E-state index contributed by atoms with van der Waals surface area (Å²) in [5.74, 6) is 0.923. The number of benzene rings is 1. The van der Waals surface area contributed by atoms with Crippen LogP contribution in [0, 0.1) is 0 Å². The van der Waals surface area contributed by atoms with Gasteiger partial charge in [0.1, 0.15) is 12.3 Å². The molecule has 0 saturated heterocycles. The van der Waals surface area contributed by atoms with Crippen molar-refractivity contribution in [1.29, 1.82) is 0 Å². The molecule has 0 unspecified atom stereocenters. The SMILES string of the molecule is CCCCCCCCCCCCCCCCOc1ccc(CNC(=O)c2cccc[n+]2CC)cc1C(C)(C)C. The topological polar surface area (TPSA) is 42.2 Å². The molecule has 0 spiro atoms. The summed E-state index contributed by atoms with van der Waals surface area (Å²) in [5, 5.41) is 3.09. The summed E-state index contributed by atoms with van der Waals surface area (Å²) in [6.07, 6.45) is 21.0. The van der Waals surface area contributed by atoms with Crippen molar-refractivity contribution in [3.8, 4) is 5.75 Å². The first-order valence-corrected chi connectivity index (χ1v) is 15.9. The van der Waals surface area contributed by atoms with Gasteiger partial charge in [0, 0.05) is 18.7 Å². The molecule has 1 N–H and O–H groups in total. The van der Waals surface area contributed by atoms with Crippen molar-refractivity contribution in [3.05, 3.63) is 59.4 Å². The summed E-state index contributed by atoms with van der Waals surface area (Å²) < 4.78 is 8.22. The van der Waals surface area contributed by atoms with Gasteiger partial charge in [-0.1, -0.05) is 117 Å². The van der Waals surface area contributed by atoms with Gasteiger partial charge >= 0.3 is 5.91 Å². The van der Waals surface area contributed by atoms with Crippen LogP contribution in [0.1, 0.15) is 146 Å². The molecule has 2 rings (SSSR count). The zero-order valence-electron chi connectivity index (χ0n) is 25.8. The lowest BCUT2D eigenvalue weighted by atomic mass is 9.85. The van der Waals surface area contributed by atoms with E-state index in [2.05, 4.69) is 51.2 Å². The van der Waals surface area contributed by atoms with Gasteiger partial charge in [-0.3, -0.25) is 4.79 Å². The second kappa shape index (κ2) is 18.8. The van der Waals surface area contributed by atoms with Crippen molar-refractivity contribution in [2.45, 2.75) is 143 Å². The largest absolute Gasteiger partial charge is 0.493 e. The molecule has 0 aliphatic heterocycles. The number of pyridine rings is 1. The first-order chi connectivity index (χ1) is 18.9. The number of unbranched alkanes of at least 4 members (excludes halogenated alkanes) is 13. The number of amides is 1. The van der Waals surface area contributed by atoms with Crippen LogP contribution in [0.2, 0.25) is 0 Å². The average Bonchev–Trinajstić information content (AvgIpc) is 2.93. The number of nitrogens with one attached hydrogen (secondary N) is 1. The Morgan fingerprint density at radius 1 is 0.795 bits per heavy atom. The Hall–Kier alpha value is -2.36. The summed E-state index contributed by atoms with van der Waals surface area (Å²) in [5.41, 5.74) is 2.94. The molecule has 0 fully saturated rings. The van der Waals surface area contributed by atoms with Crippen LogP contribution in [0.4, 0.5) is 0 Å². The zero-order valence-corrected chi connectivity index (χ0v) is 25.8. The molecule has 1 heterocycles. The van der Waals surface area contributed by atoms with Crippen LogP contribution in [0.5, 0.6) is 5.75 Å². The van der Waals surface area contributed by atoms with E-state index in [0.717, 1.165) is 30.9 Å². The Balaban J connectivity index is 1.67. The van der Waals surface area contributed by atoms with Crippen LogP contribution in [0.15, 0.2) is 42.6 Å². The van der Waals surface area contributed by atoms with Crippen molar-refractivity contribution in [2.24, 2.45) is 0 Å². The molecule has 1 aromatic carbocycles. The highest BCUT2D eigenvalue weighted by molar-refractivity contribution is 5.90. The van der Waals surface area contributed by atoms with Gasteiger partial charge in [0.15, 0.2) is 6.20 Å². The number of aromatic nitrogens is 1. The van der Waals surface area contributed by atoms with E-state index in [1.165, 1.54) is 89.0 Å². The van der Waals surface area contributed by atoms with Gasteiger partial charge in [0.2, 0.25) is 0 Å². The number of rotatable bonds is 20. The predicted octanol–water partition coefficient (Wildman–Crippen LogP) is 9.08. The first kappa shape index (κ1) is 32.8. The standard InChI is InChI=1S/C35H56N2O2/c1-6-8-9-10-11-12-13-14-15-16-17-18-19-22-27-39-33-25-24-30(28-31(33)35(3,4)5)29-36-34(38)32-23-20-21-26-37(32)7-2/h20-21,23-26,28H,6-19,22,27,29H2,1-5H3/p+1. The summed E-state index contributed by atoms with van der Waals surface area (Å²) >= 11 is 0. The number of hydrogen-bond acceptors (Lipinski definition) is 2. The first-order valence-electron chi connectivity index (χ1n) is 15.9. The molecule has 1 amide bonds. The highest BCUT2D eigenvalue weighted by Crippen LogP contribution is 2.32. The molecule has 0 aliphatic carbocycles. The van der Waals surface area contributed by atoms with E-state index in [1.807, 2.05) is 35.9 Å². The fourth-order valence-corrected chi connectivity index (χ4v) is 5.11. The summed E-state index contributed by atoms with van der Waals surface area (Å²) in [7, 11) is 0. The number of ether oxygens (including phenoxy) is 1. The third kappa shape index (κ3) is 13.0. The minimum absolute atomic E-state index is 0.0322. The van der Waals surface area contributed by atoms with Gasteiger partial charge in [-0.2, -0.15) is 4.57 Å². The predicted molar refractivity (Wildman–Crippen MR) is 164 cm³/mol. The highest BCUT2D eigenvalue weighted by atomic mass is 16.5. The second-order valence-electron chi connectivity index (χ2n) is 12.1. The van der Waals surface area contributed by atoms with Crippen molar-refractivity contribution in [2.75, 3.05) is 6.61 Å². The fraction of sp³-hybridized carbons (Fsp3) is 0.657. The minimum atomic E-state index is -0.0483. The van der Waals surface area contributed by atoms with E-state index < -0.39 is 0 Å². The van der Waals surface area contributed by atoms with Gasteiger partial charge in [-0.25, -0.2) is 0 Å². The van der Waals surface area contributed by atoms with Crippen LogP contribution < -0.4 is 14.6 Å². The number of aryl methyl sites for hydroxylation is 1. The molecule has 1 aromatic heterocycles. The number of hydrogen-bond donors (Lipinski definition) is 1. The van der Waals surface area contributed by atoms with Crippen LogP contribution in [0.3, 0.4) is 0 Å². The Morgan fingerprint density at radius 2 is 1.38 bits per heavy atom. The lowest BCUT2D eigenvalue weighted by Gasteiger charge is -2.24. The Labute approximate surface area is 240 Å². The van der Waals surface area contributed by atoms with Gasteiger partial charge in [0.05, 0.1) is 6.61 Å². The molecule has 4 heteroatoms. The summed E-state index contributed by atoms with van der Waals surface area (Å²) in [4.78, 5) is 12.8. The van der Waals surface area contributed by atoms with Gasteiger partial charge in [0.25, 0.3) is 5.69 Å².